The van der Waals surface area contributed by atoms with E-state index in [0.29, 0.717) is 6.54 Å². The molecule has 0 radical (unpaired) electrons. The minimum Gasteiger partial charge on any atom is -0.337 e. The van der Waals surface area contributed by atoms with Gasteiger partial charge in [0.05, 0.1) is 6.21 Å². The van der Waals surface area contributed by atoms with Gasteiger partial charge in [0.25, 0.3) is 5.91 Å². The summed E-state index contributed by atoms with van der Waals surface area (Å²) < 4.78 is 0. The van der Waals surface area contributed by atoms with Crippen molar-refractivity contribution in [2.24, 2.45) is 0 Å². The average Bonchev–Trinajstić information content (AvgIpc) is 2.77. The summed E-state index contributed by atoms with van der Waals surface area (Å²) in [6.45, 7) is 18.1. The first-order chi connectivity index (χ1) is 15.0. The largest absolute Gasteiger partial charge is 0.337 e. The van der Waals surface area contributed by atoms with E-state index in [-0.39, 0.29) is 16.7 Å². The van der Waals surface area contributed by atoms with Crippen molar-refractivity contribution >= 4 is 24.5 Å². The molecule has 1 amide bonds. The molecule has 0 saturated heterocycles. The Morgan fingerprint density at radius 3 is 2.00 bits per heavy atom. The van der Waals surface area contributed by atoms with E-state index in [1.165, 1.54) is 27.2 Å². The molecule has 0 atom stereocenters. The van der Waals surface area contributed by atoms with Crippen molar-refractivity contribution in [2.75, 3.05) is 7.05 Å². The van der Waals surface area contributed by atoms with Crippen LogP contribution >= 0.6 is 0 Å². The standard InChI is InChI=1S/C27H32N2O.CH2O/c1-18-14-23-24(27(5,6)13-12-26(23,3)4)15-22(18)19(2)21-10-8-20(9-11-21)17-29(7)25(30)16-28;1-2/h8-16,28H,2,17H2,1,3-7H3;1H2. The quantitative estimate of drug-likeness (QED) is 0.495. The Balaban J connectivity index is 0.00000176. The topological polar surface area (TPSA) is 61.2 Å². The molecule has 0 fully saturated rings. The van der Waals surface area contributed by atoms with Crippen LogP contribution in [0.2, 0.25) is 0 Å². The van der Waals surface area contributed by atoms with Crippen LogP contribution in [0.15, 0.2) is 55.1 Å². The van der Waals surface area contributed by atoms with Crippen LogP contribution in [-0.4, -0.2) is 30.9 Å². The lowest BCUT2D eigenvalue weighted by Crippen LogP contribution is -2.29. The van der Waals surface area contributed by atoms with E-state index >= 15 is 0 Å². The van der Waals surface area contributed by atoms with Gasteiger partial charge in [0.15, 0.2) is 0 Å². The zero-order valence-electron chi connectivity index (χ0n) is 20.1. The van der Waals surface area contributed by atoms with E-state index in [0.717, 1.165) is 22.9 Å². The Kier molecular flexibility index (Phi) is 7.40. The van der Waals surface area contributed by atoms with Gasteiger partial charge in [0.1, 0.15) is 6.79 Å². The summed E-state index contributed by atoms with van der Waals surface area (Å²) in [5.74, 6) is -0.298. The van der Waals surface area contributed by atoms with E-state index in [9.17, 15) is 4.79 Å². The number of benzene rings is 2. The second-order valence-electron chi connectivity index (χ2n) is 9.50. The third-order valence-electron chi connectivity index (χ3n) is 6.22. The van der Waals surface area contributed by atoms with E-state index in [1.54, 1.807) is 7.05 Å². The summed E-state index contributed by atoms with van der Waals surface area (Å²) in [5, 5.41) is 7.10. The normalized spacial score (nSPS) is 15.1. The first kappa shape index (κ1) is 25.0. The Hall–Kier alpha value is -3.27. The van der Waals surface area contributed by atoms with Crippen LogP contribution in [0, 0.1) is 12.3 Å². The van der Waals surface area contributed by atoms with Crippen LogP contribution < -0.4 is 0 Å². The van der Waals surface area contributed by atoms with Crippen molar-refractivity contribution < 1.29 is 9.59 Å². The van der Waals surface area contributed by atoms with Crippen molar-refractivity contribution in [2.45, 2.75) is 52.0 Å². The number of carbonyl (C=O) groups is 2. The highest BCUT2D eigenvalue weighted by Gasteiger charge is 2.33. The van der Waals surface area contributed by atoms with Gasteiger partial charge >= 0.3 is 0 Å². The number of amides is 1. The first-order valence-electron chi connectivity index (χ1n) is 10.7. The maximum atomic E-state index is 11.6. The van der Waals surface area contributed by atoms with Crippen molar-refractivity contribution in [3.63, 3.8) is 0 Å². The highest BCUT2D eigenvalue weighted by Crippen LogP contribution is 2.43. The van der Waals surface area contributed by atoms with Crippen LogP contribution in [0.5, 0.6) is 0 Å². The molecular formula is C28H34N2O2. The van der Waals surface area contributed by atoms with E-state index < -0.39 is 0 Å². The monoisotopic (exact) mass is 430 g/mol. The van der Waals surface area contributed by atoms with Crippen molar-refractivity contribution in [1.82, 2.24) is 4.90 Å². The summed E-state index contributed by atoms with van der Waals surface area (Å²) in [5.41, 5.74) is 8.29. The number of hydrogen-bond donors (Lipinski definition) is 1. The smallest absolute Gasteiger partial charge is 0.264 e. The number of aryl methyl sites for hydroxylation is 1. The van der Waals surface area contributed by atoms with Crippen LogP contribution in [-0.2, 0) is 27.0 Å². The molecule has 0 spiro atoms. The van der Waals surface area contributed by atoms with Crippen molar-refractivity contribution in [1.29, 1.82) is 5.41 Å². The number of hydrogen-bond acceptors (Lipinski definition) is 3. The highest BCUT2D eigenvalue weighted by atomic mass is 16.2. The predicted molar refractivity (Wildman–Crippen MR) is 133 cm³/mol. The number of rotatable bonds is 5. The van der Waals surface area contributed by atoms with Crippen LogP contribution in [0.25, 0.3) is 5.57 Å². The van der Waals surface area contributed by atoms with Gasteiger partial charge in [-0.3, -0.25) is 4.79 Å². The molecule has 4 nitrogen and oxygen atoms in total. The maximum absolute atomic E-state index is 11.6. The molecule has 0 heterocycles. The molecule has 2 aromatic rings. The maximum Gasteiger partial charge on any atom is 0.264 e. The first-order valence-corrected chi connectivity index (χ1v) is 10.7. The van der Waals surface area contributed by atoms with Crippen molar-refractivity contribution in [3.8, 4) is 0 Å². The van der Waals surface area contributed by atoms with Gasteiger partial charge in [-0.25, -0.2) is 0 Å². The highest BCUT2D eigenvalue weighted by molar-refractivity contribution is 6.24. The molecule has 32 heavy (non-hydrogen) atoms. The van der Waals surface area contributed by atoms with Gasteiger partial charge < -0.3 is 15.1 Å². The fourth-order valence-electron chi connectivity index (χ4n) is 4.12. The van der Waals surface area contributed by atoms with Crippen LogP contribution in [0.3, 0.4) is 0 Å². The molecule has 168 valence electrons. The van der Waals surface area contributed by atoms with Gasteiger partial charge in [0, 0.05) is 24.4 Å². The molecule has 0 aliphatic heterocycles. The number of carbonyl (C=O) groups excluding carboxylic acids is 2. The van der Waals surface area contributed by atoms with Crippen molar-refractivity contribution in [3.05, 3.63) is 88.5 Å². The number of nitrogens with zero attached hydrogens (tertiary/aromatic N) is 1. The molecule has 3 rings (SSSR count). The van der Waals surface area contributed by atoms with E-state index in [2.05, 4.69) is 77.6 Å². The SMILES string of the molecule is C=C(c1ccc(CN(C)C(=O)C=N)cc1)c1cc2c(cc1C)C(C)(C)C=CC2(C)C.C=O. The molecule has 1 aliphatic carbocycles. The second-order valence-corrected chi connectivity index (χ2v) is 9.50. The molecule has 0 unspecified atom stereocenters. The molecule has 1 aliphatic rings. The Bertz CT molecular complexity index is 1060. The van der Waals surface area contributed by atoms with E-state index in [1.807, 2.05) is 18.9 Å². The zero-order chi connectivity index (χ0) is 24.3. The lowest BCUT2D eigenvalue weighted by Gasteiger charge is -2.37. The molecule has 4 heteroatoms. The number of nitrogens with one attached hydrogen (secondary N) is 1. The molecule has 0 bridgehead atoms. The average molecular weight is 431 g/mol. The van der Waals surface area contributed by atoms with Crippen LogP contribution in [0.4, 0.5) is 0 Å². The van der Waals surface area contributed by atoms with Gasteiger partial charge in [0.2, 0.25) is 0 Å². The minimum atomic E-state index is -0.298. The zero-order valence-corrected chi connectivity index (χ0v) is 20.1. The van der Waals surface area contributed by atoms with Gasteiger partial charge in [-0.1, -0.05) is 76.8 Å². The third kappa shape index (κ3) is 4.96. The Labute approximate surface area is 192 Å². The van der Waals surface area contributed by atoms with Crippen LogP contribution in [0.1, 0.15) is 61.1 Å². The summed E-state index contributed by atoms with van der Waals surface area (Å²) >= 11 is 0. The summed E-state index contributed by atoms with van der Waals surface area (Å²) in [6.07, 6.45) is 5.48. The molecule has 0 saturated carbocycles. The predicted octanol–water partition coefficient (Wildman–Crippen LogP) is 5.60. The molecule has 0 aromatic heterocycles. The number of fused-ring (bicyclic) bond motifs is 1. The van der Waals surface area contributed by atoms with E-state index in [4.69, 9.17) is 10.2 Å². The van der Waals surface area contributed by atoms with Gasteiger partial charge in [-0.2, -0.15) is 0 Å². The summed E-state index contributed by atoms with van der Waals surface area (Å²) in [6, 6.07) is 12.8. The lowest BCUT2D eigenvalue weighted by molar-refractivity contribution is -0.123. The molecular weight excluding hydrogens is 396 g/mol. The minimum absolute atomic E-state index is 0.0105. The third-order valence-corrected chi connectivity index (χ3v) is 6.22. The lowest BCUT2D eigenvalue weighted by atomic mass is 9.67. The second kappa shape index (κ2) is 9.47. The fourth-order valence-corrected chi connectivity index (χ4v) is 4.12. The summed E-state index contributed by atoms with van der Waals surface area (Å²) in [7, 11) is 1.70. The van der Waals surface area contributed by atoms with Gasteiger partial charge in [-0.15, -0.1) is 0 Å². The fraction of sp³-hybridized carbons (Fsp3) is 0.321. The molecule has 2 aromatic carbocycles. The Morgan fingerprint density at radius 2 is 1.50 bits per heavy atom. The number of allylic oxidation sites excluding steroid dienone is 2. The van der Waals surface area contributed by atoms with Gasteiger partial charge in [-0.05, 0) is 51.9 Å². The summed E-state index contributed by atoms with van der Waals surface area (Å²) in [4.78, 5) is 21.1. The molecule has 1 N–H and O–H groups in total. The Morgan fingerprint density at radius 1 is 1.00 bits per heavy atom.